The van der Waals surface area contributed by atoms with Crippen LogP contribution in [0.15, 0.2) is 12.1 Å². The fourth-order valence-electron chi connectivity index (χ4n) is 3.92. The lowest BCUT2D eigenvalue weighted by Gasteiger charge is -2.36. The SMILES string of the molecule is Cc1cc(CN2C[C@@H]3COCC[C@]3(CO)C2)cc(C)c1F. The van der Waals surface area contributed by atoms with Crippen LogP contribution < -0.4 is 0 Å². The van der Waals surface area contributed by atoms with E-state index in [0.717, 1.165) is 44.8 Å². The Kier molecular flexibility index (Phi) is 4.04. The van der Waals surface area contributed by atoms with Crippen LogP contribution in [0.2, 0.25) is 0 Å². The highest BCUT2D eigenvalue weighted by Crippen LogP contribution is 2.42. The van der Waals surface area contributed by atoms with E-state index >= 15 is 0 Å². The molecule has 116 valence electrons. The van der Waals surface area contributed by atoms with Crippen molar-refractivity contribution in [2.75, 3.05) is 32.9 Å². The summed E-state index contributed by atoms with van der Waals surface area (Å²) in [5, 5.41) is 9.83. The molecule has 2 fully saturated rings. The van der Waals surface area contributed by atoms with Gasteiger partial charge in [0.05, 0.1) is 13.2 Å². The van der Waals surface area contributed by atoms with Crippen LogP contribution in [0.25, 0.3) is 0 Å². The fourth-order valence-corrected chi connectivity index (χ4v) is 3.92. The van der Waals surface area contributed by atoms with Gasteiger partial charge in [-0.15, -0.1) is 0 Å². The summed E-state index contributed by atoms with van der Waals surface area (Å²) < 4.78 is 19.3. The Hall–Kier alpha value is -0.970. The van der Waals surface area contributed by atoms with Crippen LogP contribution in [0.3, 0.4) is 0 Å². The number of likely N-dealkylation sites (tertiary alicyclic amines) is 1. The summed E-state index contributed by atoms with van der Waals surface area (Å²) in [6.07, 6.45) is 0.937. The number of hydrogen-bond acceptors (Lipinski definition) is 3. The van der Waals surface area contributed by atoms with E-state index in [9.17, 15) is 9.50 Å². The van der Waals surface area contributed by atoms with Crippen LogP contribution in [-0.2, 0) is 11.3 Å². The zero-order valence-electron chi connectivity index (χ0n) is 12.9. The van der Waals surface area contributed by atoms with Crippen molar-refractivity contribution in [3.63, 3.8) is 0 Å². The van der Waals surface area contributed by atoms with Gasteiger partial charge in [-0.1, -0.05) is 12.1 Å². The van der Waals surface area contributed by atoms with Crippen LogP contribution in [0, 0.1) is 31.0 Å². The Balaban J connectivity index is 1.75. The molecule has 0 aliphatic carbocycles. The second kappa shape index (κ2) is 5.67. The van der Waals surface area contributed by atoms with Gasteiger partial charge in [0.25, 0.3) is 0 Å². The van der Waals surface area contributed by atoms with Gasteiger partial charge in [-0.05, 0) is 37.0 Å². The summed E-state index contributed by atoms with van der Waals surface area (Å²) >= 11 is 0. The van der Waals surface area contributed by atoms with Crippen molar-refractivity contribution in [2.24, 2.45) is 11.3 Å². The van der Waals surface area contributed by atoms with Gasteiger partial charge in [-0.3, -0.25) is 4.90 Å². The Morgan fingerprint density at radius 2 is 2.10 bits per heavy atom. The van der Waals surface area contributed by atoms with Gasteiger partial charge in [0.15, 0.2) is 0 Å². The number of fused-ring (bicyclic) bond motifs is 1. The largest absolute Gasteiger partial charge is 0.396 e. The highest BCUT2D eigenvalue weighted by Gasteiger charge is 2.47. The lowest BCUT2D eigenvalue weighted by molar-refractivity contribution is -0.0417. The van der Waals surface area contributed by atoms with Gasteiger partial charge in [0.1, 0.15) is 5.82 Å². The van der Waals surface area contributed by atoms with Crippen molar-refractivity contribution in [2.45, 2.75) is 26.8 Å². The van der Waals surface area contributed by atoms with E-state index in [1.165, 1.54) is 0 Å². The summed E-state index contributed by atoms with van der Waals surface area (Å²) in [7, 11) is 0. The van der Waals surface area contributed by atoms with Crippen molar-refractivity contribution in [3.8, 4) is 0 Å². The van der Waals surface area contributed by atoms with Crippen LogP contribution in [0.4, 0.5) is 4.39 Å². The highest BCUT2D eigenvalue weighted by atomic mass is 19.1. The molecule has 1 aromatic rings. The second-order valence-corrected chi connectivity index (χ2v) is 6.76. The number of aliphatic hydroxyl groups excluding tert-OH is 1. The monoisotopic (exact) mass is 293 g/mol. The van der Waals surface area contributed by atoms with E-state index in [4.69, 9.17) is 4.74 Å². The van der Waals surface area contributed by atoms with Crippen molar-refractivity contribution >= 4 is 0 Å². The second-order valence-electron chi connectivity index (χ2n) is 6.76. The smallest absolute Gasteiger partial charge is 0.129 e. The third kappa shape index (κ3) is 2.72. The van der Waals surface area contributed by atoms with Crippen molar-refractivity contribution in [1.29, 1.82) is 0 Å². The summed E-state index contributed by atoms with van der Waals surface area (Å²) in [6, 6.07) is 3.87. The van der Waals surface area contributed by atoms with Crippen LogP contribution in [-0.4, -0.2) is 42.9 Å². The molecule has 2 aliphatic rings. The number of hydrogen-bond donors (Lipinski definition) is 1. The summed E-state index contributed by atoms with van der Waals surface area (Å²) in [5.74, 6) is 0.313. The minimum absolute atomic E-state index is 0.00235. The molecular formula is C17H24FNO2. The molecular weight excluding hydrogens is 269 g/mol. The van der Waals surface area contributed by atoms with E-state index in [0.29, 0.717) is 17.0 Å². The maximum absolute atomic E-state index is 13.7. The Labute approximate surface area is 125 Å². The Morgan fingerprint density at radius 3 is 2.71 bits per heavy atom. The average molecular weight is 293 g/mol. The molecule has 0 bridgehead atoms. The first kappa shape index (κ1) is 14.9. The molecule has 2 saturated heterocycles. The maximum atomic E-state index is 13.7. The number of halogens is 1. The Morgan fingerprint density at radius 1 is 1.38 bits per heavy atom. The third-order valence-corrected chi connectivity index (χ3v) is 5.16. The molecule has 2 heterocycles. The van der Waals surface area contributed by atoms with E-state index in [1.54, 1.807) is 0 Å². The number of benzene rings is 1. The molecule has 1 N–H and O–H groups in total. The first-order valence-corrected chi connectivity index (χ1v) is 7.71. The minimum Gasteiger partial charge on any atom is -0.396 e. The highest BCUT2D eigenvalue weighted by molar-refractivity contribution is 5.30. The predicted octanol–water partition coefficient (Wildman–Crippen LogP) is 2.27. The maximum Gasteiger partial charge on any atom is 0.129 e. The van der Waals surface area contributed by atoms with E-state index in [-0.39, 0.29) is 17.8 Å². The number of ether oxygens (including phenoxy) is 1. The van der Waals surface area contributed by atoms with Crippen molar-refractivity contribution in [3.05, 3.63) is 34.6 Å². The summed E-state index contributed by atoms with van der Waals surface area (Å²) in [5.41, 5.74) is 2.57. The molecule has 0 amide bonds. The first-order valence-electron chi connectivity index (χ1n) is 7.71. The number of aliphatic hydroxyl groups is 1. The van der Waals surface area contributed by atoms with Crippen LogP contribution >= 0.6 is 0 Å². The molecule has 0 saturated carbocycles. The lowest BCUT2D eigenvalue weighted by atomic mass is 9.75. The van der Waals surface area contributed by atoms with Crippen molar-refractivity contribution in [1.82, 2.24) is 4.90 Å². The van der Waals surface area contributed by atoms with E-state index in [1.807, 2.05) is 26.0 Å². The quantitative estimate of drug-likeness (QED) is 0.928. The molecule has 0 unspecified atom stereocenters. The van der Waals surface area contributed by atoms with Gasteiger partial charge in [-0.2, -0.15) is 0 Å². The average Bonchev–Trinajstić information content (AvgIpc) is 2.83. The fraction of sp³-hybridized carbons (Fsp3) is 0.647. The number of aryl methyl sites for hydroxylation is 2. The van der Waals surface area contributed by atoms with Crippen molar-refractivity contribution < 1.29 is 14.2 Å². The molecule has 0 spiro atoms. The summed E-state index contributed by atoms with van der Waals surface area (Å²) in [6.45, 7) is 8.05. The van der Waals surface area contributed by atoms with Gasteiger partial charge >= 0.3 is 0 Å². The number of nitrogens with zero attached hydrogens (tertiary/aromatic N) is 1. The lowest BCUT2D eigenvalue weighted by Crippen LogP contribution is -2.41. The standard InChI is InChI=1S/C17H24FNO2/c1-12-5-14(6-13(2)16(12)18)7-19-8-15-9-21-4-3-17(15,10-19)11-20/h5-6,15,20H,3-4,7-11H2,1-2H3/t15-,17-/m1/s1. The molecule has 3 rings (SSSR count). The molecule has 0 radical (unpaired) electrons. The van der Waals surface area contributed by atoms with E-state index in [2.05, 4.69) is 4.90 Å². The van der Waals surface area contributed by atoms with Gasteiger partial charge in [-0.25, -0.2) is 4.39 Å². The summed E-state index contributed by atoms with van der Waals surface area (Å²) in [4.78, 5) is 2.38. The first-order chi connectivity index (χ1) is 10.0. The van der Waals surface area contributed by atoms with Gasteiger partial charge in [0.2, 0.25) is 0 Å². The Bertz CT molecular complexity index is 511. The molecule has 4 heteroatoms. The normalized spacial score (nSPS) is 29.6. The van der Waals surface area contributed by atoms with E-state index < -0.39 is 0 Å². The zero-order valence-corrected chi connectivity index (χ0v) is 12.9. The molecule has 21 heavy (non-hydrogen) atoms. The molecule has 1 aromatic carbocycles. The number of rotatable bonds is 3. The molecule has 2 aliphatic heterocycles. The predicted molar refractivity (Wildman–Crippen MR) is 79.6 cm³/mol. The molecule has 2 atom stereocenters. The molecule has 0 aromatic heterocycles. The zero-order chi connectivity index (χ0) is 15.0. The topological polar surface area (TPSA) is 32.7 Å². The third-order valence-electron chi connectivity index (χ3n) is 5.16. The molecule has 3 nitrogen and oxygen atoms in total. The van der Waals surface area contributed by atoms with Crippen LogP contribution in [0.1, 0.15) is 23.1 Å². The van der Waals surface area contributed by atoms with Gasteiger partial charge < -0.3 is 9.84 Å². The van der Waals surface area contributed by atoms with Crippen LogP contribution in [0.5, 0.6) is 0 Å². The van der Waals surface area contributed by atoms with Gasteiger partial charge in [0, 0.05) is 37.6 Å². The minimum atomic E-state index is -0.103.